The van der Waals surface area contributed by atoms with Crippen molar-refractivity contribution in [2.75, 3.05) is 0 Å². The Morgan fingerprint density at radius 1 is 1.48 bits per heavy atom. The van der Waals surface area contributed by atoms with Crippen LogP contribution in [0.25, 0.3) is 0 Å². The molecule has 1 aliphatic carbocycles. The lowest BCUT2D eigenvalue weighted by atomic mass is 10.0. The zero-order valence-electron chi connectivity index (χ0n) is 12.3. The van der Waals surface area contributed by atoms with Crippen LogP contribution in [-0.2, 0) is 9.05 Å². The fourth-order valence-corrected chi connectivity index (χ4v) is 3.68. The third-order valence-electron chi connectivity index (χ3n) is 3.75. The van der Waals surface area contributed by atoms with Gasteiger partial charge in [0.25, 0.3) is 15.0 Å². The van der Waals surface area contributed by atoms with Crippen molar-refractivity contribution >= 4 is 25.6 Å². The fraction of sp³-hybridized carbons (Fsp3) is 0.692. The lowest BCUT2D eigenvalue weighted by Gasteiger charge is -2.20. The van der Waals surface area contributed by atoms with Gasteiger partial charge < -0.3 is 5.32 Å². The quantitative estimate of drug-likeness (QED) is 0.782. The van der Waals surface area contributed by atoms with E-state index in [0.29, 0.717) is 5.69 Å². The van der Waals surface area contributed by atoms with Crippen molar-refractivity contribution in [2.45, 2.75) is 56.9 Å². The molecule has 0 spiro atoms. The van der Waals surface area contributed by atoms with Gasteiger partial charge in [0.1, 0.15) is 4.90 Å². The van der Waals surface area contributed by atoms with E-state index < -0.39 is 15.0 Å². The van der Waals surface area contributed by atoms with Gasteiger partial charge in [-0.15, -0.1) is 0 Å². The highest BCUT2D eigenvalue weighted by atomic mass is 35.7. The number of rotatable bonds is 6. The molecule has 1 aromatic rings. The Morgan fingerprint density at radius 3 is 2.52 bits per heavy atom. The highest BCUT2D eigenvalue weighted by Gasteiger charge is 2.36. The number of amides is 1. The molecule has 0 aliphatic heterocycles. The Morgan fingerprint density at radius 2 is 2.10 bits per heavy atom. The van der Waals surface area contributed by atoms with E-state index in [4.69, 9.17) is 10.7 Å². The number of hydrogen-bond donors (Lipinski definition) is 2. The number of nitrogens with zero attached hydrogens (tertiary/aromatic N) is 1. The first-order chi connectivity index (χ1) is 9.75. The molecule has 1 aromatic heterocycles. The van der Waals surface area contributed by atoms with Crippen molar-refractivity contribution in [3.63, 3.8) is 0 Å². The van der Waals surface area contributed by atoms with Crippen LogP contribution in [0.1, 0.15) is 62.1 Å². The summed E-state index contributed by atoms with van der Waals surface area (Å²) in [6, 6.07) is -0.0375. The first-order valence-corrected chi connectivity index (χ1v) is 9.40. The van der Waals surface area contributed by atoms with Gasteiger partial charge in [-0.1, -0.05) is 20.8 Å². The van der Waals surface area contributed by atoms with E-state index in [0.717, 1.165) is 19.3 Å². The average Bonchev–Trinajstić information content (AvgIpc) is 3.12. The van der Waals surface area contributed by atoms with Gasteiger partial charge in [0.15, 0.2) is 5.69 Å². The van der Waals surface area contributed by atoms with Crippen LogP contribution in [0.4, 0.5) is 0 Å². The molecule has 0 saturated heterocycles. The van der Waals surface area contributed by atoms with Crippen molar-refractivity contribution in [2.24, 2.45) is 5.92 Å². The Labute approximate surface area is 129 Å². The molecule has 1 amide bonds. The third-order valence-corrected chi connectivity index (χ3v) is 5.12. The van der Waals surface area contributed by atoms with Crippen LogP contribution < -0.4 is 5.32 Å². The molecule has 0 aromatic carbocycles. The Hall–Kier alpha value is -1.08. The van der Waals surface area contributed by atoms with Crippen LogP contribution in [0, 0.1) is 5.92 Å². The molecule has 0 bridgehead atoms. The maximum Gasteiger partial charge on any atom is 0.273 e. The van der Waals surface area contributed by atoms with E-state index in [1.54, 1.807) is 0 Å². The molecule has 6 nitrogen and oxygen atoms in total. The van der Waals surface area contributed by atoms with Crippen molar-refractivity contribution in [3.8, 4) is 0 Å². The number of carbonyl (C=O) groups is 1. The predicted molar refractivity (Wildman–Crippen MR) is 80.0 cm³/mol. The highest BCUT2D eigenvalue weighted by molar-refractivity contribution is 8.13. The van der Waals surface area contributed by atoms with Gasteiger partial charge in [0.05, 0.1) is 5.69 Å². The average molecular weight is 334 g/mol. The number of H-pyrrole nitrogens is 1. The first-order valence-electron chi connectivity index (χ1n) is 7.09. The second-order valence-electron chi connectivity index (χ2n) is 5.76. The molecule has 1 atom stereocenters. The minimum atomic E-state index is -4.02. The zero-order valence-corrected chi connectivity index (χ0v) is 13.9. The molecule has 2 N–H and O–H groups in total. The number of hydrogen-bond acceptors (Lipinski definition) is 4. The number of aromatic nitrogens is 2. The molecule has 21 heavy (non-hydrogen) atoms. The molecular weight excluding hydrogens is 314 g/mol. The summed E-state index contributed by atoms with van der Waals surface area (Å²) >= 11 is 0. The maximum absolute atomic E-state index is 12.3. The van der Waals surface area contributed by atoms with E-state index in [1.807, 2.05) is 20.8 Å². The minimum Gasteiger partial charge on any atom is -0.348 e. The van der Waals surface area contributed by atoms with E-state index in [9.17, 15) is 13.2 Å². The number of aromatic amines is 1. The van der Waals surface area contributed by atoms with E-state index in [1.165, 1.54) is 0 Å². The smallest absolute Gasteiger partial charge is 0.273 e. The summed E-state index contributed by atoms with van der Waals surface area (Å²) in [5.74, 6) is -0.149. The number of halogens is 1. The summed E-state index contributed by atoms with van der Waals surface area (Å²) in [6.07, 6.45) is 2.52. The van der Waals surface area contributed by atoms with Crippen molar-refractivity contribution in [1.82, 2.24) is 15.5 Å². The van der Waals surface area contributed by atoms with Gasteiger partial charge >= 0.3 is 0 Å². The normalized spacial score (nSPS) is 17.0. The standard InChI is InChI=1S/C13H20ClN3O3S/c1-4-9(7(2)3)15-13(18)11-12(21(14,19)20)10(16-17-11)8-5-6-8/h7-9H,4-6H2,1-3H3,(H,15,18)(H,16,17). The van der Waals surface area contributed by atoms with Gasteiger partial charge in [0, 0.05) is 22.6 Å². The molecule has 1 unspecified atom stereocenters. The molecule has 8 heteroatoms. The van der Waals surface area contributed by atoms with Gasteiger partial charge in [-0.2, -0.15) is 5.10 Å². The van der Waals surface area contributed by atoms with E-state index in [2.05, 4.69) is 15.5 Å². The van der Waals surface area contributed by atoms with Crippen LogP contribution in [0.2, 0.25) is 0 Å². The number of nitrogens with one attached hydrogen (secondary N) is 2. The maximum atomic E-state index is 12.3. The molecule has 1 fully saturated rings. The van der Waals surface area contributed by atoms with Gasteiger partial charge in [0.2, 0.25) is 0 Å². The largest absolute Gasteiger partial charge is 0.348 e. The first kappa shape index (κ1) is 16.3. The summed E-state index contributed by atoms with van der Waals surface area (Å²) in [5.41, 5.74) is 0.318. The summed E-state index contributed by atoms with van der Waals surface area (Å²) in [6.45, 7) is 5.95. The van der Waals surface area contributed by atoms with E-state index in [-0.39, 0.29) is 28.5 Å². The summed E-state index contributed by atoms with van der Waals surface area (Å²) in [5, 5.41) is 9.38. The van der Waals surface area contributed by atoms with Crippen LogP contribution in [0.3, 0.4) is 0 Å². The van der Waals surface area contributed by atoms with Crippen molar-refractivity contribution in [1.29, 1.82) is 0 Å². The molecule has 1 heterocycles. The Bertz CT molecular complexity index is 635. The summed E-state index contributed by atoms with van der Waals surface area (Å²) in [4.78, 5) is 12.2. The molecule has 0 radical (unpaired) electrons. The molecular formula is C13H20ClN3O3S. The molecule has 2 rings (SSSR count). The molecule has 118 valence electrons. The SMILES string of the molecule is CCC(NC(=O)c1n[nH]c(C2CC2)c1S(=O)(=O)Cl)C(C)C. The van der Waals surface area contributed by atoms with Crippen LogP contribution in [0.5, 0.6) is 0 Å². The van der Waals surface area contributed by atoms with E-state index >= 15 is 0 Å². The summed E-state index contributed by atoms with van der Waals surface area (Å²) < 4.78 is 23.6. The Balaban J connectivity index is 2.33. The van der Waals surface area contributed by atoms with Gasteiger partial charge in [-0.25, -0.2) is 8.42 Å². The monoisotopic (exact) mass is 333 g/mol. The van der Waals surface area contributed by atoms with Crippen LogP contribution >= 0.6 is 10.7 Å². The topological polar surface area (TPSA) is 91.9 Å². The second-order valence-corrected chi connectivity index (χ2v) is 8.26. The third kappa shape index (κ3) is 3.58. The van der Waals surface area contributed by atoms with Gasteiger partial charge in [-0.05, 0) is 25.2 Å². The zero-order chi connectivity index (χ0) is 15.8. The highest BCUT2D eigenvalue weighted by Crippen LogP contribution is 2.43. The van der Waals surface area contributed by atoms with Crippen LogP contribution in [-0.4, -0.2) is 30.6 Å². The van der Waals surface area contributed by atoms with Gasteiger partial charge in [-0.3, -0.25) is 9.89 Å². The summed E-state index contributed by atoms with van der Waals surface area (Å²) in [7, 11) is 1.48. The lowest BCUT2D eigenvalue weighted by molar-refractivity contribution is 0.0916. The molecule has 1 aliphatic rings. The minimum absolute atomic E-state index is 0.0375. The second kappa shape index (κ2) is 5.96. The van der Waals surface area contributed by atoms with Crippen LogP contribution in [0.15, 0.2) is 4.90 Å². The fourth-order valence-electron chi connectivity index (χ4n) is 2.37. The Kier molecular flexibility index (Phi) is 4.63. The van der Waals surface area contributed by atoms with Crippen molar-refractivity contribution < 1.29 is 13.2 Å². The molecule has 1 saturated carbocycles. The predicted octanol–water partition coefficient (Wildman–Crippen LogP) is 2.38. The number of carbonyl (C=O) groups excluding carboxylic acids is 1. The lowest BCUT2D eigenvalue weighted by Crippen LogP contribution is -2.38. The van der Waals surface area contributed by atoms with Crippen molar-refractivity contribution in [3.05, 3.63) is 11.4 Å².